The summed E-state index contributed by atoms with van der Waals surface area (Å²) in [6.45, 7) is 0. The summed E-state index contributed by atoms with van der Waals surface area (Å²) in [6.07, 6.45) is 0. The smallest absolute Gasteiger partial charge is 0.0730 e. The van der Waals surface area contributed by atoms with Crippen LogP contribution < -0.4 is 0 Å². The van der Waals surface area contributed by atoms with Crippen LogP contribution in [0.25, 0.3) is 20.2 Å². The fourth-order valence-electron chi connectivity index (χ4n) is 4.69. The van der Waals surface area contributed by atoms with Crippen molar-refractivity contribution >= 4 is 38.6 Å². The van der Waals surface area contributed by atoms with Gasteiger partial charge in [0.1, 0.15) is 0 Å². The van der Waals surface area contributed by atoms with Crippen LogP contribution in [0.5, 0.6) is 0 Å². The second-order valence-corrected chi connectivity index (χ2v) is 10.4. The van der Waals surface area contributed by atoms with Crippen LogP contribution >= 0.6 is 38.6 Å². The van der Waals surface area contributed by atoms with Crippen molar-refractivity contribution in [2.45, 2.75) is 5.41 Å². The van der Waals surface area contributed by atoms with Gasteiger partial charge in [0.15, 0.2) is 0 Å². The Morgan fingerprint density at radius 2 is 1.27 bits per heavy atom. The Labute approximate surface area is 192 Å². The topological polar surface area (TPSA) is 0 Å². The van der Waals surface area contributed by atoms with Crippen molar-refractivity contribution in [1.82, 2.24) is 0 Å². The molecule has 6 rings (SSSR count). The van der Waals surface area contributed by atoms with Crippen LogP contribution in [0.4, 0.5) is 0 Å². The van der Waals surface area contributed by atoms with Crippen molar-refractivity contribution < 1.29 is 0 Å². The van der Waals surface area contributed by atoms with E-state index in [1.165, 1.54) is 42.4 Å². The minimum absolute atomic E-state index is 0.267. The maximum atomic E-state index is 3.56. The van der Waals surface area contributed by atoms with Crippen molar-refractivity contribution in [1.29, 1.82) is 0 Å². The summed E-state index contributed by atoms with van der Waals surface area (Å²) in [6, 6.07) is 35.4. The van der Waals surface area contributed by atoms with E-state index in [1.54, 1.807) is 0 Å². The van der Waals surface area contributed by atoms with Gasteiger partial charge < -0.3 is 0 Å². The predicted octanol–water partition coefficient (Wildman–Crippen LogP) is 8.60. The molecule has 0 saturated heterocycles. The van der Waals surface area contributed by atoms with Crippen LogP contribution in [-0.2, 0) is 5.41 Å². The maximum absolute atomic E-state index is 3.56. The number of halogens is 1. The molecule has 0 bridgehead atoms. The fourth-order valence-corrected chi connectivity index (χ4v) is 7.30. The molecule has 2 aromatic heterocycles. The van der Waals surface area contributed by atoms with Gasteiger partial charge in [-0.15, -0.1) is 22.7 Å². The maximum Gasteiger partial charge on any atom is 0.0730 e. The molecule has 0 atom stereocenters. The second-order valence-electron chi connectivity index (χ2n) is 7.51. The van der Waals surface area contributed by atoms with Crippen LogP contribution in [0.15, 0.2) is 107 Å². The Morgan fingerprint density at radius 1 is 0.633 bits per heavy atom. The highest BCUT2D eigenvalue weighted by Crippen LogP contribution is 2.61. The van der Waals surface area contributed by atoms with E-state index in [0.717, 1.165) is 4.47 Å². The third-order valence-electron chi connectivity index (χ3n) is 5.95. The number of hydrogen-bond donors (Lipinski definition) is 0. The van der Waals surface area contributed by atoms with Crippen LogP contribution in [0.2, 0.25) is 0 Å². The normalized spacial score (nSPS) is 13.8. The third-order valence-corrected chi connectivity index (χ3v) is 8.75. The highest BCUT2D eigenvalue weighted by Gasteiger charge is 2.48. The van der Waals surface area contributed by atoms with Gasteiger partial charge in [0, 0.05) is 14.2 Å². The molecule has 1 aliphatic rings. The number of fused-ring (bicyclic) bond motifs is 3. The third kappa shape index (κ3) is 2.56. The van der Waals surface area contributed by atoms with Crippen molar-refractivity contribution in [2.24, 2.45) is 0 Å². The number of hydrogen-bond acceptors (Lipinski definition) is 2. The Bertz CT molecular complexity index is 1290. The van der Waals surface area contributed by atoms with E-state index >= 15 is 0 Å². The molecular formula is C27H17BrS2. The number of benzene rings is 3. The van der Waals surface area contributed by atoms with Gasteiger partial charge in [-0.25, -0.2) is 0 Å². The van der Waals surface area contributed by atoms with Gasteiger partial charge in [-0.3, -0.25) is 0 Å². The SMILES string of the molecule is Brc1ccc(-c2cc3c(s2)-c2sccc2C3(c2ccccc2)c2ccccc2)cc1. The lowest BCUT2D eigenvalue weighted by atomic mass is 9.68. The van der Waals surface area contributed by atoms with E-state index in [0.29, 0.717) is 0 Å². The van der Waals surface area contributed by atoms with E-state index in [2.05, 4.69) is 118 Å². The highest BCUT2D eigenvalue weighted by atomic mass is 79.9. The van der Waals surface area contributed by atoms with Gasteiger partial charge in [0.2, 0.25) is 0 Å². The summed E-state index contributed by atoms with van der Waals surface area (Å²) in [7, 11) is 0. The molecule has 0 saturated carbocycles. The molecule has 0 N–H and O–H groups in total. The monoisotopic (exact) mass is 484 g/mol. The Kier molecular flexibility index (Phi) is 4.31. The molecule has 2 heterocycles. The Hall–Kier alpha value is -2.46. The van der Waals surface area contributed by atoms with E-state index < -0.39 is 0 Å². The molecule has 144 valence electrons. The van der Waals surface area contributed by atoms with E-state index in [4.69, 9.17) is 0 Å². The summed E-state index contributed by atoms with van der Waals surface area (Å²) in [4.78, 5) is 4.14. The fraction of sp³-hybridized carbons (Fsp3) is 0.0370. The number of rotatable bonds is 3. The van der Waals surface area contributed by atoms with Crippen molar-refractivity contribution in [3.05, 3.63) is 129 Å². The van der Waals surface area contributed by atoms with Crippen LogP contribution in [0.3, 0.4) is 0 Å². The van der Waals surface area contributed by atoms with Gasteiger partial charge in [0.05, 0.1) is 10.3 Å². The Balaban J connectivity index is 1.69. The zero-order valence-electron chi connectivity index (χ0n) is 16.0. The molecule has 0 fully saturated rings. The quantitative estimate of drug-likeness (QED) is 0.235. The molecular weight excluding hydrogens is 468 g/mol. The molecule has 3 aromatic carbocycles. The lowest BCUT2D eigenvalue weighted by Gasteiger charge is -2.32. The summed E-state index contributed by atoms with van der Waals surface area (Å²) >= 11 is 7.34. The largest absolute Gasteiger partial charge is 0.143 e. The van der Waals surface area contributed by atoms with Gasteiger partial charge in [-0.05, 0) is 57.5 Å². The molecule has 0 radical (unpaired) electrons. The molecule has 1 aliphatic carbocycles. The van der Waals surface area contributed by atoms with Crippen molar-refractivity contribution in [3.8, 4) is 20.2 Å². The van der Waals surface area contributed by atoms with Crippen molar-refractivity contribution in [3.63, 3.8) is 0 Å². The summed E-state index contributed by atoms with van der Waals surface area (Å²) in [5.41, 5.74) is 6.48. The van der Waals surface area contributed by atoms with Crippen LogP contribution in [0, 0.1) is 0 Å². The summed E-state index contributed by atoms with van der Waals surface area (Å²) in [5, 5.41) is 2.24. The number of thiophene rings is 2. The zero-order valence-corrected chi connectivity index (χ0v) is 19.2. The van der Waals surface area contributed by atoms with Gasteiger partial charge >= 0.3 is 0 Å². The molecule has 30 heavy (non-hydrogen) atoms. The average molecular weight is 485 g/mol. The van der Waals surface area contributed by atoms with Gasteiger partial charge in [-0.1, -0.05) is 88.7 Å². The van der Waals surface area contributed by atoms with E-state index in [-0.39, 0.29) is 5.41 Å². The van der Waals surface area contributed by atoms with Crippen LogP contribution in [0.1, 0.15) is 22.3 Å². The minimum atomic E-state index is -0.267. The van der Waals surface area contributed by atoms with Crippen molar-refractivity contribution in [2.75, 3.05) is 0 Å². The Morgan fingerprint density at radius 3 is 1.90 bits per heavy atom. The summed E-state index contributed by atoms with van der Waals surface area (Å²) < 4.78 is 1.11. The van der Waals surface area contributed by atoms with Gasteiger partial charge in [-0.2, -0.15) is 0 Å². The molecule has 3 heteroatoms. The van der Waals surface area contributed by atoms with Crippen LogP contribution in [-0.4, -0.2) is 0 Å². The summed E-state index contributed by atoms with van der Waals surface area (Å²) in [5.74, 6) is 0. The molecule has 0 amide bonds. The molecule has 0 aliphatic heterocycles. The molecule has 0 nitrogen and oxygen atoms in total. The first kappa shape index (κ1) is 18.3. The lowest BCUT2D eigenvalue weighted by molar-refractivity contribution is 0.772. The first-order chi connectivity index (χ1) is 14.8. The van der Waals surface area contributed by atoms with Gasteiger partial charge in [0.25, 0.3) is 0 Å². The van der Waals surface area contributed by atoms with E-state index in [1.807, 2.05) is 22.7 Å². The molecule has 0 unspecified atom stereocenters. The predicted molar refractivity (Wildman–Crippen MR) is 133 cm³/mol. The zero-order chi connectivity index (χ0) is 20.1. The molecule has 5 aromatic rings. The minimum Gasteiger partial charge on any atom is -0.143 e. The standard InChI is InChI=1S/C27H17BrS2/c28-21-13-11-18(12-14-21)24-17-23-26(30-24)25-22(15-16-29-25)27(23,19-7-3-1-4-8-19)20-9-5-2-6-10-20/h1-17H. The van der Waals surface area contributed by atoms with E-state index in [9.17, 15) is 0 Å². The highest BCUT2D eigenvalue weighted by molar-refractivity contribution is 9.10. The lowest BCUT2D eigenvalue weighted by Crippen LogP contribution is -2.27. The molecule has 0 spiro atoms. The first-order valence-corrected chi connectivity index (χ1v) is 12.4. The second kappa shape index (κ2) is 7.05. The average Bonchev–Trinajstić information content (AvgIpc) is 3.49. The first-order valence-electron chi connectivity index (χ1n) is 9.88.